The van der Waals surface area contributed by atoms with Gasteiger partial charge in [0.1, 0.15) is 5.78 Å². The summed E-state index contributed by atoms with van der Waals surface area (Å²) in [6, 6.07) is 0. The summed E-state index contributed by atoms with van der Waals surface area (Å²) in [5.74, 6) is 0.455. The highest BCUT2D eigenvalue weighted by molar-refractivity contribution is 5.85. The summed E-state index contributed by atoms with van der Waals surface area (Å²) in [5, 5.41) is 0. The fraction of sp³-hybridized carbons (Fsp3) is 0.667. The minimum atomic E-state index is 0.0556. The first-order valence-electron chi connectivity index (χ1n) is 4.07. The third-order valence-electron chi connectivity index (χ3n) is 2.69. The Hall–Kier alpha value is -0.630. The summed E-state index contributed by atoms with van der Waals surface area (Å²) in [6.45, 7) is 3.88. The van der Waals surface area contributed by atoms with Crippen LogP contribution in [0.3, 0.4) is 0 Å². The van der Waals surface area contributed by atoms with Crippen LogP contribution in [0, 0.1) is 11.8 Å². The van der Waals surface area contributed by atoms with Gasteiger partial charge in [-0.3, -0.25) is 4.79 Å². The third kappa shape index (κ3) is 0.857. The second-order valence-corrected chi connectivity index (χ2v) is 3.43. The van der Waals surface area contributed by atoms with Crippen molar-refractivity contribution in [1.29, 1.82) is 0 Å². The van der Waals surface area contributed by atoms with Gasteiger partial charge in [0.2, 0.25) is 0 Å². The quantitative estimate of drug-likeness (QED) is 0.487. The molecular weight excluding hydrogens is 140 g/mol. The van der Waals surface area contributed by atoms with Crippen LogP contribution in [0.1, 0.15) is 13.8 Å². The predicted molar refractivity (Wildman–Crippen MR) is 41.1 cm³/mol. The highest BCUT2D eigenvalue weighted by Crippen LogP contribution is 2.32. The average Bonchev–Trinajstić information content (AvgIpc) is 2.44. The first-order chi connectivity index (χ1) is 5.20. The molecule has 2 nitrogen and oxygen atoms in total. The van der Waals surface area contributed by atoms with Gasteiger partial charge in [0.05, 0.1) is 12.2 Å². The molecule has 0 aromatic heterocycles. The van der Waals surface area contributed by atoms with Gasteiger partial charge in [0.15, 0.2) is 0 Å². The van der Waals surface area contributed by atoms with E-state index in [1.807, 2.05) is 26.0 Å². The van der Waals surface area contributed by atoms with Crippen LogP contribution < -0.4 is 0 Å². The van der Waals surface area contributed by atoms with Crippen molar-refractivity contribution in [3.63, 3.8) is 0 Å². The van der Waals surface area contributed by atoms with Crippen LogP contribution in [-0.4, -0.2) is 18.0 Å². The zero-order valence-electron chi connectivity index (χ0n) is 6.78. The van der Waals surface area contributed by atoms with E-state index < -0.39 is 0 Å². The molecule has 4 atom stereocenters. The molecule has 0 saturated carbocycles. The van der Waals surface area contributed by atoms with Gasteiger partial charge >= 0.3 is 0 Å². The molecule has 0 aliphatic carbocycles. The third-order valence-corrected chi connectivity index (χ3v) is 2.69. The van der Waals surface area contributed by atoms with Crippen molar-refractivity contribution in [2.75, 3.05) is 0 Å². The first kappa shape index (κ1) is 7.04. The fourth-order valence-corrected chi connectivity index (χ4v) is 1.80. The van der Waals surface area contributed by atoms with E-state index in [9.17, 15) is 4.79 Å². The van der Waals surface area contributed by atoms with Gasteiger partial charge in [-0.2, -0.15) is 0 Å². The summed E-state index contributed by atoms with van der Waals surface area (Å²) in [4.78, 5) is 11.5. The van der Waals surface area contributed by atoms with Gasteiger partial charge in [-0.15, -0.1) is 0 Å². The van der Waals surface area contributed by atoms with E-state index in [1.165, 1.54) is 0 Å². The van der Waals surface area contributed by atoms with Crippen molar-refractivity contribution in [2.45, 2.75) is 26.1 Å². The standard InChI is InChI=1S/C9H12O2/c1-5-7-3-4-8(11-7)6(2)9(5)10/h3-8H,1-2H3/t5-,6-,7-,8-/m1/s1. The topological polar surface area (TPSA) is 26.3 Å². The lowest BCUT2D eigenvalue weighted by molar-refractivity contribution is -0.142. The van der Waals surface area contributed by atoms with E-state index in [0.717, 1.165) is 0 Å². The van der Waals surface area contributed by atoms with Crippen LogP contribution in [0.4, 0.5) is 0 Å². The number of hydrogen-bond donors (Lipinski definition) is 0. The highest BCUT2D eigenvalue weighted by atomic mass is 16.5. The van der Waals surface area contributed by atoms with Crippen molar-refractivity contribution in [1.82, 2.24) is 0 Å². The number of carbonyl (C=O) groups excluding carboxylic acids is 1. The first-order valence-corrected chi connectivity index (χ1v) is 4.07. The molecule has 2 heteroatoms. The van der Waals surface area contributed by atoms with E-state index >= 15 is 0 Å². The fourth-order valence-electron chi connectivity index (χ4n) is 1.80. The molecule has 2 aliphatic heterocycles. The van der Waals surface area contributed by atoms with Gasteiger partial charge in [-0.25, -0.2) is 0 Å². The zero-order valence-corrected chi connectivity index (χ0v) is 6.78. The number of hydrogen-bond acceptors (Lipinski definition) is 2. The molecule has 1 saturated heterocycles. The summed E-state index contributed by atoms with van der Waals surface area (Å²) in [6.07, 6.45) is 4.14. The molecule has 0 amide bonds. The normalized spacial score (nSPS) is 48.4. The van der Waals surface area contributed by atoms with Crippen LogP contribution in [0.5, 0.6) is 0 Å². The lowest BCUT2D eigenvalue weighted by Crippen LogP contribution is -2.40. The minimum absolute atomic E-state index is 0.0556. The second kappa shape index (κ2) is 2.18. The van der Waals surface area contributed by atoms with Gasteiger partial charge in [-0.1, -0.05) is 26.0 Å². The van der Waals surface area contributed by atoms with Gasteiger partial charge in [0.25, 0.3) is 0 Å². The van der Waals surface area contributed by atoms with E-state index in [1.54, 1.807) is 0 Å². The molecule has 1 fully saturated rings. The van der Waals surface area contributed by atoms with Crippen LogP contribution in [-0.2, 0) is 9.53 Å². The molecule has 0 aromatic carbocycles. The van der Waals surface area contributed by atoms with Crippen molar-refractivity contribution in [2.24, 2.45) is 11.8 Å². The molecule has 0 radical (unpaired) electrons. The lowest BCUT2D eigenvalue weighted by atomic mass is 9.88. The number of rotatable bonds is 0. The Morgan fingerprint density at radius 2 is 1.64 bits per heavy atom. The molecule has 11 heavy (non-hydrogen) atoms. The monoisotopic (exact) mass is 152 g/mol. The Kier molecular flexibility index (Phi) is 1.39. The number of Topliss-reactive ketones (excluding diaryl/α,β-unsaturated/α-hetero) is 1. The number of ether oxygens (including phenoxy) is 1. The second-order valence-electron chi connectivity index (χ2n) is 3.43. The molecule has 2 aliphatic rings. The Morgan fingerprint density at radius 1 is 1.18 bits per heavy atom. The van der Waals surface area contributed by atoms with Crippen molar-refractivity contribution < 1.29 is 9.53 Å². The van der Waals surface area contributed by atoms with Crippen LogP contribution in [0.15, 0.2) is 12.2 Å². The lowest BCUT2D eigenvalue weighted by Gasteiger charge is -2.30. The molecule has 0 unspecified atom stereocenters. The minimum Gasteiger partial charge on any atom is -0.365 e. The van der Waals surface area contributed by atoms with Crippen LogP contribution >= 0.6 is 0 Å². The Morgan fingerprint density at radius 3 is 2.09 bits per heavy atom. The summed E-state index contributed by atoms with van der Waals surface area (Å²) < 4.78 is 5.56. The molecular formula is C9H12O2. The SMILES string of the molecule is C[C@H]1C(=O)[C@H](C)[C@H]2C=C[C@H]1O2. The van der Waals surface area contributed by atoms with Crippen LogP contribution in [0.2, 0.25) is 0 Å². The molecule has 0 aromatic rings. The molecule has 0 spiro atoms. The number of ketones is 1. The number of fused-ring (bicyclic) bond motifs is 2. The van der Waals surface area contributed by atoms with Crippen molar-refractivity contribution in [3.8, 4) is 0 Å². The summed E-state index contributed by atoms with van der Waals surface area (Å²) in [7, 11) is 0. The maximum absolute atomic E-state index is 11.5. The Balaban J connectivity index is 2.29. The maximum Gasteiger partial charge on any atom is 0.144 e. The highest BCUT2D eigenvalue weighted by Gasteiger charge is 2.41. The Bertz CT molecular complexity index is 200. The molecule has 2 rings (SSSR count). The zero-order chi connectivity index (χ0) is 8.01. The summed E-state index contributed by atoms with van der Waals surface area (Å²) in [5.41, 5.74) is 0. The van der Waals surface area contributed by atoms with Gasteiger partial charge in [-0.05, 0) is 0 Å². The molecule has 0 N–H and O–H groups in total. The Labute approximate surface area is 66.2 Å². The predicted octanol–water partition coefficient (Wildman–Crippen LogP) is 1.16. The molecule has 2 bridgehead atoms. The average molecular weight is 152 g/mol. The van der Waals surface area contributed by atoms with Gasteiger partial charge < -0.3 is 4.74 Å². The summed E-state index contributed by atoms with van der Waals surface area (Å²) >= 11 is 0. The van der Waals surface area contributed by atoms with E-state index in [2.05, 4.69) is 0 Å². The molecule has 60 valence electrons. The number of carbonyl (C=O) groups is 1. The van der Waals surface area contributed by atoms with Crippen molar-refractivity contribution in [3.05, 3.63) is 12.2 Å². The van der Waals surface area contributed by atoms with E-state index in [4.69, 9.17) is 4.74 Å². The van der Waals surface area contributed by atoms with Crippen LogP contribution in [0.25, 0.3) is 0 Å². The van der Waals surface area contributed by atoms with Gasteiger partial charge in [0, 0.05) is 11.8 Å². The maximum atomic E-state index is 11.5. The smallest absolute Gasteiger partial charge is 0.144 e. The van der Waals surface area contributed by atoms with Crippen molar-refractivity contribution >= 4 is 5.78 Å². The van der Waals surface area contributed by atoms with E-state index in [0.29, 0.717) is 5.78 Å². The largest absolute Gasteiger partial charge is 0.365 e. The molecule has 2 heterocycles. The van der Waals surface area contributed by atoms with E-state index in [-0.39, 0.29) is 24.0 Å².